The number of rotatable bonds is 4. The number of amides is 1. The summed E-state index contributed by atoms with van der Waals surface area (Å²) in [4.78, 5) is 26.1. The van der Waals surface area contributed by atoms with E-state index in [0.29, 0.717) is 24.4 Å². The van der Waals surface area contributed by atoms with Gasteiger partial charge in [-0.05, 0) is 43.9 Å². The summed E-state index contributed by atoms with van der Waals surface area (Å²) in [6, 6.07) is 7.51. The summed E-state index contributed by atoms with van der Waals surface area (Å²) in [5.41, 5.74) is -0.435. The van der Waals surface area contributed by atoms with Crippen LogP contribution in [0.3, 0.4) is 0 Å². The Morgan fingerprint density at radius 2 is 2.09 bits per heavy atom. The predicted molar refractivity (Wildman–Crippen MR) is 90.5 cm³/mol. The third-order valence-corrected chi connectivity index (χ3v) is 4.85. The standard InChI is InChI=1S/C18H24ClNO3/c1-17(2,11-13-6-4-7-14(19)10-13)15(21)20-9-5-8-18(3,12-20)16(22)23/h4,6-7,10H,5,8-9,11-12H2,1-3H3,(H,22,23). The molecule has 1 aromatic carbocycles. The van der Waals surface area contributed by atoms with Gasteiger partial charge in [-0.15, -0.1) is 0 Å². The van der Waals surface area contributed by atoms with E-state index < -0.39 is 16.8 Å². The first-order chi connectivity index (χ1) is 10.6. The van der Waals surface area contributed by atoms with E-state index in [1.165, 1.54) is 0 Å². The maximum atomic E-state index is 12.9. The number of carboxylic acids is 1. The summed E-state index contributed by atoms with van der Waals surface area (Å²) in [7, 11) is 0. The molecule has 5 heteroatoms. The maximum absolute atomic E-state index is 12.9. The third kappa shape index (κ3) is 4.05. The van der Waals surface area contributed by atoms with Crippen molar-refractivity contribution in [3.63, 3.8) is 0 Å². The van der Waals surface area contributed by atoms with Gasteiger partial charge in [-0.2, -0.15) is 0 Å². The Bertz CT molecular complexity index is 614. The molecule has 0 aromatic heterocycles. The fraction of sp³-hybridized carbons (Fsp3) is 0.556. The van der Waals surface area contributed by atoms with Gasteiger partial charge in [0.25, 0.3) is 0 Å². The van der Waals surface area contributed by atoms with Crippen molar-refractivity contribution in [2.24, 2.45) is 10.8 Å². The van der Waals surface area contributed by atoms with Crippen LogP contribution < -0.4 is 0 Å². The molecule has 1 aliphatic heterocycles. The average Bonchev–Trinajstić information content (AvgIpc) is 2.46. The third-order valence-electron chi connectivity index (χ3n) is 4.61. The molecule has 1 aromatic rings. The lowest BCUT2D eigenvalue weighted by Crippen LogP contribution is -2.52. The molecule has 4 nitrogen and oxygen atoms in total. The van der Waals surface area contributed by atoms with E-state index >= 15 is 0 Å². The molecule has 2 rings (SSSR count). The molecule has 23 heavy (non-hydrogen) atoms. The van der Waals surface area contributed by atoms with Crippen LogP contribution in [0.25, 0.3) is 0 Å². The van der Waals surface area contributed by atoms with Crippen LogP contribution in [0, 0.1) is 10.8 Å². The molecular weight excluding hydrogens is 314 g/mol. The van der Waals surface area contributed by atoms with Gasteiger partial charge in [0.2, 0.25) is 5.91 Å². The fourth-order valence-corrected chi connectivity index (χ4v) is 3.46. The molecule has 1 heterocycles. The van der Waals surface area contributed by atoms with Gasteiger partial charge in [-0.25, -0.2) is 0 Å². The number of carboxylic acid groups (broad SMARTS) is 1. The number of carbonyl (C=O) groups excluding carboxylic acids is 1. The van der Waals surface area contributed by atoms with Gasteiger partial charge in [0, 0.05) is 23.5 Å². The number of hydrogen-bond acceptors (Lipinski definition) is 2. The van der Waals surface area contributed by atoms with Crippen molar-refractivity contribution in [2.45, 2.75) is 40.0 Å². The first kappa shape index (κ1) is 17.8. The van der Waals surface area contributed by atoms with Gasteiger partial charge < -0.3 is 10.0 Å². The normalized spacial score (nSPS) is 22.0. The Hall–Kier alpha value is -1.55. The fourth-order valence-electron chi connectivity index (χ4n) is 3.25. The second kappa shape index (κ2) is 6.52. The van der Waals surface area contributed by atoms with Crippen molar-refractivity contribution >= 4 is 23.5 Å². The van der Waals surface area contributed by atoms with Crippen LogP contribution >= 0.6 is 11.6 Å². The Balaban J connectivity index is 2.13. The molecule has 1 aliphatic rings. The highest BCUT2D eigenvalue weighted by atomic mass is 35.5. The summed E-state index contributed by atoms with van der Waals surface area (Å²) in [6.45, 7) is 6.44. The average molecular weight is 338 g/mol. The molecule has 1 amide bonds. The SMILES string of the molecule is CC(C)(Cc1cccc(Cl)c1)C(=O)N1CCCC(C)(C(=O)O)C1. The smallest absolute Gasteiger partial charge is 0.311 e. The monoisotopic (exact) mass is 337 g/mol. The zero-order valence-electron chi connectivity index (χ0n) is 13.9. The maximum Gasteiger partial charge on any atom is 0.311 e. The molecule has 1 N–H and O–H groups in total. The van der Waals surface area contributed by atoms with Crippen molar-refractivity contribution in [1.82, 2.24) is 4.90 Å². The second-order valence-electron chi connectivity index (χ2n) is 7.39. The van der Waals surface area contributed by atoms with Gasteiger partial charge in [0.1, 0.15) is 0 Å². The summed E-state index contributed by atoms with van der Waals surface area (Å²) >= 11 is 6.01. The van der Waals surface area contributed by atoms with Gasteiger partial charge in [0.15, 0.2) is 0 Å². The molecule has 1 fully saturated rings. The minimum absolute atomic E-state index is 0.00431. The molecule has 0 radical (unpaired) electrons. The topological polar surface area (TPSA) is 57.6 Å². The van der Waals surface area contributed by atoms with E-state index in [1.807, 2.05) is 38.1 Å². The molecule has 0 bridgehead atoms. The summed E-state index contributed by atoms with van der Waals surface area (Å²) in [5, 5.41) is 10.1. The Morgan fingerprint density at radius 3 is 2.70 bits per heavy atom. The minimum atomic E-state index is -0.847. The van der Waals surface area contributed by atoms with Crippen LogP contribution in [0.15, 0.2) is 24.3 Å². The lowest BCUT2D eigenvalue weighted by atomic mass is 9.79. The van der Waals surface area contributed by atoms with Gasteiger partial charge in [0.05, 0.1) is 5.41 Å². The van der Waals surface area contributed by atoms with E-state index in [9.17, 15) is 14.7 Å². The van der Waals surface area contributed by atoms with Crippen LogP contribution in [0.1, 0.15) is 39.2 Å². The van der Waals surface area contributed by atoms with Gasteiger partial charge in [-0.3, -0.25) is 9.59 Å². The van der Waals surface area contributed by atoms with Crippen molar-refractivity contribution in [3.05, 3.63) is 34.9 Å². The quantitative estimate of drug-likeness (QED) is 0.912. The van der Waals surface area contributed by atoms with E-state index in [-0.39, 0.29) is 12.5 Å². The lowest BCUT2D eigenvalue weighted by molar-refractivity contribution is -0.155. The van der Waals surface area contributed by atoms with Crippen LogP contribution in [0.2, 0.25) is 5.02 Å². The molecule has 1 unspecified atom stereocenters. The van der Waals surface area contributed by atoms with Crippen LogP contribution in [-0.4, -0.2) is 35.0 Å². The molecule has 0 saturated carbocycles. The van der Waals surface area contributed by atoms with Crippen molar-refractivity contribution in [3.8, 4) is 0 Å². The van der Waals surface area contributed by atoms with Crippen LogP contribution in [-0.2, 0) is 16.0 Å². The first-order valence-electron chi connectivity index (χ1n) is 7.91. The number of piperidine rings is 1. The molecule has 0 spiro atoms. The van der Waals surface area contributed by atoms with E-state index in [2.05, 4.69) is 0 Å². The second-order valence-corrected chi connectivity index (χ2v) is 7.82. The number of hydrogen-bond donors (Lipinski definition) is 1. The highest BCUT2D eigenvalue weighted by Gasteiger charge is 2.42. The minimum Gasteiger partial charge on any atom is -0.481 e. The highest BCUT2D eigenvalue weighted by molar-refractivity contribution is 6.30. The lowest BCUT2D eigenvalue weighted by Gasteiger charge is -2.41. The zero-order valence-corrected chi connectivity index (χ0v) is 14.7. The van der Waals surface area contributed by atoms with Crippen molar-refractivity contribution < 1.29 is 14.7 Å². The van der Waals surface area contributed by atoms with E-state index in [0.717, 1.165) is 12.0 Å². The number of likely N-dealkylation sites (tertiary alicyclic amines) is 1. The molecule has 0 aliphatic carbocycles. The molecule has 126 valence electrons. The number of carbonyl (C=O) groups is 2. The number of aliphatic carboxylic acids is 1. The van der Waals surface area contributed by atoms with Gasteiger partial charge in [-0.1, -0.05) is 37.6 Å². The number of halogens is 1. The number of benzene rings is 1. The Kier molecular flexibility index (Phi) is 5.04. The number of nitrogens with zero attached hydrogens (tertiary/aromatic N) is 1. The van der Waals surface area contributed by atoms with Crippen LogP contribution in [0.4, 0.5) is 0 Å². The molecular formula is C18H24ClNO3. The van der Waals surface area contributed by atoms with Gasteiger partial charge >= 0.3 is 5.97 Å². The van der Waals surface area contributed by atoms with Crippen molar-refractivity contribution in [1.29, 1.82) is 0 Å². The largest absolute Gasteiger partial charge is 0.481 e. The Morgan fingerprint density at radius 1 is 1.39 bits per heavy atom. The Labute approximate surface area is 142 Å². The first-order valence-corrected chi connectivity index (χ1v) is 8.29. The summed E-state index contributed by atoms with van der Waals surface area (Å²) in [5.74, 6) is -0.827. The van der Waals surface area contributed by atoms with Crippen molar-refractivity contribution in [2.75, 3.05) is 13.1 Å². The summed E-state index contributed by atoms with van der Waals surface area (Å²) < 4.78 is 0. The highest BCUT2D eigenvalue weighted by Crippen LogP contribution is 2.33. The predicted octanol–water partition coefficient (Wildman–Crippen LogP) is 3.62. The molecule has 1 atom stereocenters. The summed E-state index contributed by atoms with van der Waals surface area (Å²) in [6.07, 6.45) is 1.91. The van der Waals surface area contributed by atoms with E-state index in [4.69, 9.17) is 11.6 Å². The van der Waals surface area contributed by atoms with Crippen LogP contribution in [0.5, 0.6) is 0 Å². The molecule has 1 saturated heterocycles. The van der Waals surface area contributed by atoms with E-state index in [1.54, 1.807) is 11.8 Å². The zero-order chi connectivity index (χ0) is 17.3.